The standard InChI is InChI=1S/C11H13NO3.C2H6/c1-15-11(14)8-6-7-4-2-3-5-9(7)12-10(8)13;1-2/h6H,2-5H2,1H3,(H,12,13);1-2H3. The van der Waals surface area contributed by atoms with Crippen molar-refractivity contribution >= 4 is 5.97 Å². The molecule has 0 aromatic carbocycles. The minimum atomic E-state index is -0.565. The zero-order chi connectivity index (χ0) is 12.8. The lowest BCUT2D eigenvalue weighted by atomic mass is 9.95. The zero-order valence-corrected chi connectivity index (χ0v) is 10.6. The van der Waals surface area contributed by atoms with Crippen LogP contribution in [0.25, 0.3) is 0 Å². The van der Waals surface area contributed by atoms with Gasteiger partial charge in [-0.1, -0.05) is 13.8 Å². The molecule has 1 aromatic heterocycles. The highest BCUT2D eigenvalue weighted by molar-refractivity contribution is 5.89. The molecule has 0 saturated carbocycles. The summed E-state index contributed by atoms with van der Waals surface area (Å²) >= 11 is 0. The molecule has 2 rings (SSSR count). The summed E-state index contributed by atoms with van der Waals surface area (Å²) in [4.78, 5) is 25.6. The molecule has 4 heteroatoms. The van der Waals surface area contributed by atoms with E-state index in [2.05, 4.69) is 9.72 Å². The summed E-state index contributed by atoms with van der Waals surface area (Å²) in [5.74, 6) is -0.565. The minimum absolute atomic E-state index is 0.109. The number of aryl methyl sites for hydroxylation is 2. The van der Waals surface area contributed by atoms with Crippen molar-refractivity contribution < 1.29 is 9.53 Å². The maximum atomic E-state index is 11.5. The third-order valence-corrected chi connectivity index (χ3v) is 2.74. The smallest absolute Gasteiger partial charge is 0.343 e. The lowest BCUT2D eigenvalue weighted by molar-refractivity contribution is 0.0598. The van der Waals surface area contributed by atoms with Gasteiger partial charge in [0.15, 0.2) is 0 Å². The van der Waals surface area contributed by atoms with Crippen LogP contribution in [-0.4, -0.2) is 18.1 Å². The first-order valence-corrected chi connectivity index (χ1v) is 6.06. The van der Waals surface area contributed by atoms with E-state index in [4.69, 9.17) is 0 Å². The van der Waals surface area contributed by atoms with Crippen LogP contribution in [0.2, 0.25) is 0 Å². The average Bonchev–Trinajstić information content (AvgIpc) is 2.39. The molecule has 0 atom stereocenters. The second kappa shape index (κ2) is 6.23. The average molecular weight is 237 g/mol. The molecule has 0 aliphatic heterocycles. The van der Waals surface area contributed by atoms with Crippen molar-refractivity contribution in [3.63, 3.8) is 0 Å². The van der Waals surface area contributed by atoms with Gasteiger partial charge in [-0.3, -0.25) is 4.79 Å². The Bertz CT molecular complexity index is 448. The lowest BCUT2D eigenvalue weighted by Crippen LogP contribution is -2.23. The summed E-state index contributed by atoms with van der Waals surface area (Å²) in [6.45, 7) is 4.00. The van der Waals surface area contributed by atoms with Gasteiger partial charge in [-0.05, 0) is 37.3 Å². The molecule has 4 nitrogen and oxygen atoms in total. The van der Waals surface area contributed by atoms with E-state index in [1.807, 2.05) is 13.8 Å². The van der Waals surface area contributed by atoms with Gasteiger partial charge in [-0.25, -0.2) is 4.79 Å². The Labute approximate surface area is 101 Å². The highest BCUT2D eigenvalue weighted by Crippen LogP contribution is 2.18. The molecule has 17 heavy (non-hydrogen) atoms. The van der Waals surface area contributed by atoms with E-state index in [0.29, 0.717) is 0 Å². The molecule has 1 aromatic rings. The van der Waals surface area contributed by atoms with Crippen LogP contribution in [0.1, 0.15) is 48.3 Å². The number of carbonyl (C=O) groups is 1. The Morgan fingerprint density at radius 2 is 1.94 bits per heavy atom. The molecule has 1 heterocycles. The fourth-order valence-corrected chi connectivity index (χ4v) is 1.94. The number of aromatic amines is 1. The van der Waals surface area contributed by atoms with Crippen molar-refractivity contribution in [1.82, 2.24) is 4.98 Å². The SMILES string of the molecule is CC.COC(=O)c1cc2c([nH]c1=O)CCCC2. The number of ether oxygens (including phenoxy) is 1. The van der Waals surface area contributed by atoms with Gasteiger partial charge in [0.05, 0.1) is 7.11 Å². The number of carbonyl (C=O) groups excluding carboxylic acids is 1. The largest absolute Gasteiger partial charge is 0.465 e. The van der Waals surface area contributed by atoms with Gasteiger partial charge in [0.25, 0.3) is 5.56 Å². The Hall–Kier alpha value is -1.58. The van der Waals surface area contributed by atoms with Crippen molar-refractivity contribution in [1.29, 1.82) is 0 Å². The van der Waals surface area contributed by atoms with E-state index in [1.165, 1.54) is 7.11 Å². The van der Waals surface area contributed by atoms with Crippen LogP contribution in [0.3, 0.4) is 0 Å². The van der Waals surface area contributed by atoms with Gasteiger partial charge in [0.2, 0.25) is 0 Å². The van der Waals surface area contributed by atoms with E-state index in [0.717, 1.165) is 36.9 Å². The van der Waals surface area contributed by atoms with Crippen LogP contribution in [-0.2, 0) is 17.6 Å². The number of H-pyrrole nitrogens is 1. The molecule has 0 saturated heterocycles. The Morgan fingerprint density at radius 1 is 1.29 bits per heavy atom. The van der Waals surface area contributed by atoms with Crippen LogP contribution in [0.5, 0.6) is 0 Å². The van der Waals surface area contributed by atoms with E-state index < -0.39 is 5.97 Å². The highest BCUT2D eigenvalue weighted by Gasteiger charge is 2.16. The second-order valence-electron chi connectivity index (χ2n) is 3.71. The predicted octanol–water partition coefficient (Wildman–Crippen LogP) is 2.07. The number of hydrogen-bond acceptors (Lipinski definition) is 3. The summed E-state index contributed by atoms with van der Waals surface area (Å²) in [5, 5.41) is 0. The molecular formula is C13H19NO3. The van der Waals surface area contributed by atoms with E-state index in [1.54, 1.807) is 6.07 Å². The fourth-order valence-electron chi connectivity index (χ4n) is 1.94. The Balaban J connectivity index is 0.000000686. The van der Waals surface area contributed by atoms with Gasteiger partial charge in [-0.2, -0.15) is 0 Å². The van der Waals surface area contributed by atoms with Crippen molar-refractivity contribution in [3.05, 3.63) is 33.2 Å². The van der Waals surface area contributed by atoms with Gasteiger partial charge >= 0.3 is 5.97 Å². The highest BCUT2D eigenvalue weighted by atomic mass is 16.5. The molecule has 94 valence electrons. The molecule has 0 unspecified atom stereocenters. The van der Waals surface area contributed by atoms with Gasteiger partial charge in [0, 0.05) is 5.69 Å². The normalized spacial score (nSPS) is 13.1. The van der Waals surface area contributed by atoms with Gasteiger partial charge in [-0.15, -0.1) is 0 Å². The van der Waals surface area contributed by atoms with E-state index >= 15 is 0 Å². The summed E-state index contributed by atoms with van der Waals surface area (Å²) in [7, 11) is 1.28. The second-order valence-corrected chi connectivity index (χ2v) is 3.71. The summed E-state index contributed by atoms with van der Waals surface area (Å²) in [5.41, 5.74) is 1.81. The van der Waals surface area contributed by atoms with Crippen LogP contribution in [0.15, 0.2) is 10.9 Å². The van der Waals surface area contributed by atoms with Crippen LogP contribution < -0.4 is 5.56 Å². The number of fused-ring (bicyclic) bond motifs is 1. The lowest BCUT2D eigenvalue weighted by Gasteiger charge is -2.15. The number of rotatable bonds is 1. The van der Waals surface area contributed by atoms with Crippen LogP contribution in [0, 0.1) is 0 Å². The number of pyridine rings is 1. The van der Waals surface area contributed by atoms with Gasteiger partial charge < -0.3 is 9.72 Å². The molecular weight excluding hydrogens is 218 g/mol. The van der Waals surface area contributed by atoms with Crippen molar-refractivity contribution in [2.24, 2.45) is 0 Å². The molecule has 1 aliphatic carbocycles. The monoisotopic (exact) mass is 237 g/mol. The first-order chi connectivity index (χ1) is 8.22. The molecule has 1 aliphatic rings. The number of esters is 1. The predicted molar refractivity (Wildman–Crippen MR) is 66.4 cm³/mol. The van der Waals surface area contributed by atoms with E-state index in [-0.39, 0.29) is 11.1 Å². The van der Waals surface area contributed by atoms with Crippen LogP contribution in [0.4, 0.5) is 0 Å². The molecule has 0 amide bonds. The number of hydrogen-bond donors (Lipinski definition) is 1. The first kappa shape index (κ1) is 13.5. The molecule has 0 fully saturated rings. The van der Waals surface area contributed by atoms with Crippen molar-refractivity contribution in [2.45, 2.75) is 39.5 Å². The number of aromatic nitrogens is 1. The molecule has 0 bridgehead atoms. The summed E-state index contributed by atoms with van der Waals surface area (Å²) in [6.07, 6.45) is 4.03. The maximum Gasteiger partial charge on any atom is 0.343 e. The summed E-state index contributed by atoms with van der Waals surface area (Å²) in [6, 6.07) is 1.67. The Kier molecular flexibility index (Phi) is 4.94. The molecule has 0 radical (unpaired) electrons. The van der Waals surface area contributed by atoms with Crippen molar-refractivity contribution in [3.8, 4) is 0 Å². The third-order valence-electron chi connectivity index (χ3n) is 2.74. The Morgan fingerprint density at radius 3 is 2.59 bits per heavy atom. The topological polar surface area (TPSA) is 59.2 Å². The maximum absolute atomic E-state index is 11.5. The fraction of sp³-hybridized carbons (Fsp3) is 0.538. The minimum Gasteiger partial charge on any atom is -0.465 e. The van der Waals surface area contributed by atoms with Crippen molar-refractivity contribution in [2.75, 3.05) is 7.11 Å². The van der Waals surface area contributed by atoms with Crippen LogP contribution >= 0.6 is 0 Å². The zero-order valence-electron chi connectivity index (χ0n) is 10.6. The molecule has 1 N–H and O–H groups in total. The van der Waals surface area contributed by atoms with E-state index in [9.17, 15) is 9.59 Å². The van der Waals surface area contributed by atoms with Gasteiger partial charge in [0.1, 0.15) is 5.56 Å². The first-order valence-electron chi connectivity index (χ1n) is 6.06. The summed E-state index contributed by atoms with van der Waals surface area (Å²) < 4.78 is 4.55. The number of methoxy groups -OCH3 is 1. The number of nitrogens with one attached hydrogen (secondary N) is 1. The molecule has 0 spiro atoms. The quantitative estimate of drug-likeness (QED) is 0.761. The third kappa shape index (κ3) is 2.96.